The van der Waals surface area contributed by atoms with Gasteiger partial charge in [0.2, 0.25) is 5.88 Å². The highest BCUT2D eigenvalue weighted by Crippen LogP contribution is 2.17. The molecule has 8 nitrogen and oxygen atoms in total. The number of methoxy groups -OCH3 is 1. The van der Waals surface area contributed by atoms with Crippen molar-refractivity contribution in [1.82, 2.24) is 15.2 Å². The second-order valence-electron chi connectivity index (χ2n) is 5.25. The first-order valence-corrected chi connectivity index (χ1v) is 7.30. The maximum Gasteiger partial charge on any atom is 0.313 e. The van der Waals surface area contributed by atoms with Crippen molar-refractivity contribution in [2.24, 2.45) is 0 Å². The van der Waals surface area contributed by atoms with Gasteiger partial charge in [-0.25, -0.2) is 4.98 Å². The van der Waals surface area contributed by atoms with Crippen molar-refractivity contribution in [2.75, 3.05) is 33.1 Å². The minimum atomic E-state index is -0.765. The van der Waals surface area contributed by atoms with Crippen LogP contribution in [-0.4, -0.2) is 49.4 Å². The molecule has 0 aromatic carbocycles. The van der Waals surface area contributed by atoms with Gasteiger partial charge in [-0.1, -0.05) is 0 Å². The van der Waals surface area contributed by atoms with Crippen LogP contribution in [0.4, 0.5) is 5.69 Å². The predicted molar refractivity (Wildman–Crippen MR) is 87.6 cm³/mol. The standard InChI is InChI=1S/C16H20N4O4/c1-20(2)12(13-5-4-8-24-13)10-18-15(21)16(22)19-11-6-7-14(23-3)17-9-11/h4-9,12H,10H2,1-3H3,(H,18,21)(H,19,22)/t12-/m0/s1. The summed E-state index contributed by atoms with van der Waals surface area (Å²) < 4.78 is 10.3. The summed E-state index contributed by atoms with van der Waals surface area (Å²) in [6, 6.07) is 6.62. The number of nitrogens with zero attached hydrogens (tertiary/aromatic N) is 2. The number of hydrogen-bond acceptors (Lipinski definition) is 6. The molecule has 8 heteroatoms. The van der Waals surface area contributed by atoms with E-state index < -0.39 is 11.8 Å². The van der Waals surface area contributed by atoms with Crippen molar-refractivity contribution in [3.8, 4) is 5.88 Å². The Balaban J connectivity index is 1.89. The second-order valence-corrected chi connectivity index (χ2v) is 5.25. The number of carbonyl (C=O) groups is 2. The van der Waals surface area contributed by atoms with Crippen molar-refractivity contribution in [1.29, 1.82) is 0 Å². The maximum absolute atomic E-state index is 11.9. The number of pyridine rings is 1. The second kappa shape index (κ2) is 8.11. The summed E-state index contributed by atoms with van der Waals surface area (Å²) in [5.74, 6) is -0.368. The Morgan fingerprint density at radius 1 is 1.29 bits per heavy atom. The molecule has 1 atom stereocenters. The summed E-state index contributed by atoms with van der Waals surface area (Å²) in [6.07, 6.45) is 2.98. The van der Waals surface area contributed by atoms with E-state index >= 15 is 0 Å². The molecule has 0 unspecified atom stereocenters. The van der Waals surface area contributed by atoms with E-state index in [9.17, 15) is 9.59 Å². The van der Waals surface area contributed by atoms with Gasteiger partial charge < -0.3 is 19.8 Å². The van der Waals surface area contributed by atoms with E-state index in [0.29, 0.717) is 17.3 Å². The molecule has 2 amide bonds. The quantitative estimate of drug-likeness (QED) is 0.767. The molecule has 0 aliphatic carbocycles. The van der Waals surface area contributed by atoms with Crippen molar-refractivity contribution in [3.63, 3.8) is 0 Å². The van der Waals surface area contributed by atoms with E-state index in [4.69, 9.17) is 9.15 Å². The molecule has 2 rings (SSSR count). The molecule has 0 radical (unpaired) electrons. The van der Waals surface area contributed by atoms with Crippen LogP contribution in [0, 0.1) is 0 Å². The van der Waals surface area contributed by atoms with Crippen LogP contribution in [-0.2, 0) is 9.59 Å². The van der Waals surface area contributed by atoms with E-state index in [-0.39, 0.29) is 12.6 Å². The lowest BCUT2D eigenvalue weighted by Crippen LogP contribution is -2.40. The number of carbonyl (C=O) groups excluding carboxylic acids is 2. The number of hydrogen-bond donors (Lipinski definition) is 2. The number of furan rings is 1. The number of likely N-dealkylation sites (N-methyl/N-ethyl adjacent to an activating group) is 1. The number of anilines is 1. The average molecular weight is 332 g/mol. The fourth-order valence-corrected chi connectivity index (χ4v) is 2.05. The van der Waals surface area contributed by atoms with Gasteiger partial charge in [-0.15, -0.1) is 0 Å². The van der Waals surface area contributed by atoms with Gasteiger partial charge in [0.15, 0.2) is 0 Å². The van der Waals surface area contributed by atoms with Crippen LogP contribution in [0.15, 0.2) is 41.1 Å². The first-order valence-electron chi connectivity index (χ1n) is 7.30. The lowest BCUT2D eigenvalue weighted by molar-refractivity contribution is -0.136. The van der Waals surface area contributed by atoms with E-state index in [1.807, 2.05) is 25.1 Å². The van der Waals surface area contributed by atoms with Gasteiger partial charge in [-0.05, 0) is 32.3 Å². The Morgan fingerprint density at radius 3 is 2.62 bits per heavy atom. The molecule has 0 bridgehead atoms. The van der Waals surface area contributed by atoms with Gasteiger partial charge in [0.25, 0.3) is 0 Å². The first kappa shape index (κ1) is 17.5. The summed E-state index contributed by atoms with van der Waals surface area (Å²) >= 11 is 0. The molecule has 128 valence electrons. The lowest BCUT2D eigenvalue weighted by atomic mass is 10.2. The third-order valence-corrected chi connectivity index (χ3v) is 3.36. The van der Waals surface area contributed by atoms with Gasteiger partial charge in [0, 0.05) is 12.6 Å². The Hall–Kier alpha value is -2.87. The van der Waals surface area contributed by atoms with Gasteiger partial charge in [-0.2, -0.15) is 0 Å². The molecule has 24 heavy (non-hydrogen) atoms. The van der Waals surface area contributed by atoms with E-state index in [1.54, 1.807) is 24.5 Å². The van der Waals surface area contributed by atoms with E-state index in [2.05, 4.69) is 15.6 Å². The number of aromatic nitrogens is 1. The molecule has 0 saturated carbocycles. The molecule has 0 aliphatic rings. The minimum Gasteiger partial charge on any atom is -0.481 e. The lowest BCUT2D eigenvalue weighted by Gasteiger charge is -2.22. The number of nitrogens with one attached hydrogen (secondary N) is 2. The molecule has 0 fully saturated rings. The number of ether oxygens (including phenoxy) is 1. The summed E-state index contributed by atoms with van der Waals surface area (Å²) in [6.45, 7) is 0.244. The topological polar surface area (TPSA) is 96.7 Å². The highest BCUT2D eigenvalue weighted by molar-refractivity contribution is 6.39. The van der Waals surface area contributed by atoms with Gasteiger partial charge in [0.1, 0.15) is 5.76 Å². The molecule has 0 aliphatic heterocycles. The zero-order chi connectivity index (χ0) is 17.5. The van der Waals surface area contributed by atoms with Crippen molar-refractivity contribution >= 4 is 17.5 Å². The fraction of sp³-hybridized carbons (Fsp3) is 0.312. The normalized spacial score (nSPS) is 11.8. The Morgan fingerprint density at radius 2 is 2.08 bits per heavy atom. The predicted octanol–water partition coefficient (Wildman–Crippen LogP) is 1.04. The SMILES string of the molecule is COc1ccc(NC(=O)C(=O)NC[C@@H](c2ccco2)N(C)C)cn1. The maximum atomic E-state index is 11.9. The Kier molecular flexibility index (Phi) is 5.91. The monoisotopic (exact) mass is 332 g/mol. The average Bonchev–Trinajstić information content (AvgIpc) is 3.09. The largest absolute Gasteiger partial charge is 0.481 e. The van der Waals surface area contributed by atoms with Crippen LogP contribution in [0.5, 0.6) is 5.88 Å². The summed E-state index contributed by atoms with van der Waals surface area (Å²) in [5.41, 5.74) is 0.408. The molecular weight excluding hydrogens is 312 g/mol. The molecule has 2 N–H and O–H groups in total. The fourth-order valence-electron chi connectivity index (χ4n) is 2.05. The van der Waals surface area contributed by atoms with Gasteiger partial charge in [0.05, 0.1) is 31.3 Å². The summed E-state index contributed by atoms with van der Waals surface area (Å²) in [5, 5.41) is 5.07. The molecule has 2 aromatic rings. The smallest absolute Gasteiger partial charge is 0.313 e. The first-order chi connectivity index (χ1) is 11.5. The van der Waals surface area contributed by atoms with Crippen LogP contribution in [0.2, 0.25) is 0 Å². The van der Waals surface area contributed by atoms with Crippen LogP contribution in [0.3, 0.4) is 0 Å². The molecule has 0 saturated heterocycles. The molecule has 2 heterocycles. The molecule has 2 aromatic heterocycles. The van der Waals surface area contributed by atoms with Crippen LogP contribution < -0.4 is 15.4 Å². The highest BCUT2D eigenvalue weighted by atomic mass is 16.5. The Labute approximate surface area is 139 Å². The highest BCUT2D eigenvalue weighted by Gasteiger charge is 2.20. The van der Waals surface area contributed by atoms with Gasteiger partial charge in [-0.3, -0.25) is 14.5 Å². The zero-order valence-electron chi connectivity index (χ0n) is 13.8. The van der Waals surface area contributed by atoms with Crippen molar-refractivity contribution in [2.45, 2.75) is 6.04 Å². The van der Waals surface area contributed by atoms with E-state index in [0.717, 1.165) is 0 Å². The van der Waals surface area contributed by atoms with Crippen LogP contribution in [0.1, 0.15) is 11.8 Å². The van der Waals surface area contributed by atoms with Crippen molar-refractivity contribution < 1.29 is 18.7 Å². The van der Waals surface area contributed by atoms with Gasteiger partial charge >= 0.3 is 11.8 Å². The summed E-state index contributed by atoms with van der Waals surface area (Å²) in [7, 11) is 5.22. The molecule has 0 spiro atoms. The van der Waals surface area contributed by atoms with Crippen molar-refractivity contribution in [3.05, 3.63) is 42.5 Å². The van der Waals surface area contributed by atoms with E-state index in [1.165, 1.54) is 13.3 Å². The number of rotatable bonds is 6. The number of amides is 2. The summed E-state index contributed by atoms with van der Waals surface area (Å²) in [4.78, 5) is 29.7. The van der Waals surface area contributed by atoms with Crippen LogP contribution in [0.25, 0.3) is 0 Å². The van der Waals surface area contributed by atoms with Crippen LogP contribution >= 0.6 is 0 Å². The Bertz CT molecular complexity index is 668. The third-order valence-electron chi connectivity index (χ3n) is 3.36. The third kappa shape index (κ3) is 4.56. The zero-order valence-corrected chi connectivity index (χ0v) is 13.8. The molecular formula is C16H20N4O4. The minimum absolute atomic E-state index is 0.167.